The van der Waals surface area contributed by atoms with Crippen molar-refractivity contribution in [3.63, 3.8) is 0 Å². The van der Waals surface area contributed by atoms with Crippen LogP contribution in [0, 0.1) is 0 Å². The van der Waals surface area contributed by atoms with Gasteiger partial charge in [-0.05, 0) is 47.5 Å². The standard InChI is InChI=1S/C42H24N4O2/c1-2-10-25(11-3-1)40-44-41(46-42(45-40)31-17-8-20-36-39(31)30-15-4-5-18-34(30)47-36)28-13-6-12-26(22-28)29-16-7-19-35-38(29)32-23-27-14-9-21-43-33(27)24-37(32)48-35/h1-24H. The van der Waals surface area contributed by atoms with Crippen LogP contribution in [-0.4, -0.2) is 19.9 Å². The molecule has 0 N–H and O–H groups in total. The molecule has 6 heteroatoms. The van der Waals surface area contributed by atoms with Crippen LogP contribution in [0.2, 0.25) is 0 Å². The van der Waals surface area contributed by atoms with E-state index in [0.717, 1.165) is 82.6 Å². The number of pyridine rings is 1. The van der Waals surface area contributed by atoms with E-state index in [1.165, 1.54) is 0 Å². The molecule has 6 aromatic carbocycles. The molecule has 10 rings (SSSR count). The van der Waals surface area contributed by atoms with Crippen LogP contribution in [0.25, 0.3) is 100 Å². The van der Waals surface area contributed by atoms with Crippen molar-refractivity contribution in [2.24, 2.45) is 0 Å². The summed E-state index contributed by atoms with van der Waals surface area (Å²) in [4.78, 5) is 19.7. The van der Waals surface area contributed by atoms with E-state index in [2.05, 4.69) is 59.6 Å². The maximum atomic E-state index is 6.35. The second kappa shape index (κ2) is 10.4. The van der Waals surface area contributed by atoms with Gasteiger partial charge in [0.15, 0.2) is 17.5 Å². The third kappa shape index (κ3) is 4.20. The summed E-state index contributed by atoms with van der Waals surface area (Å²) in [6.45, 7) is 0. The molecule has 0 fully saturated rings. The van der Waals surface area contributed by atoms with Gasteiger partial charge in [-0.15, -0.1) is 0 Å². The molecule has 0 aliphatic heterocycles. The summed E-state index contributed by atoms with van der Waals surface area (Å²) in [7, 11) is 0. The van der Waals surface area contributed by atoms with Gasteiger partial charge in [0, 0.05) is 55.9 Å². The molecular formula is C42H24N4O2. The van der Waals surface area contributed by atoms with Crippen LogP contribution in [-0.2, 0) is 0 Å². The van der Waals surface area contributed by atoms with Crippen molar-refractivity contribution in [2.75, 3.05) is 0 Å². The zero-order chi connectivity index (χ0) is 31.6. The van der Waals surface area contributed by atoms with E-state index in [0.29, 0.717) is 17.5 Å². The highest BCUT2D eigenvalue weighted by molar-refractivity contribution is 6.15. The normalized spacial score (nSPS) is 11.8. The fourth-order valence-corrected chi connectivity index (χ4v) is 6.76. The molecule has 48 heavy (non-hydrogen) atoms. The third-order valence-electron chi connectivity index (χ3n) is 8.96. The predicted molar refractivity (Wildman–Crippen MR) is 191 cm³/mol. The second-order valence-electron chi connectivity index (χ2n) is 11.9. The summed E-state index contributed by atoms with van der Waals surface area (Å²) < 4.78 is 12.6. The SMILES string of the molecule is c1ccc(-c2nc(-c3cccc(-c4cccc5oc6cc7ncccc7cc6c45)c3)nc(-c3cccc4oc5ccccc5c34)n2)cc1. The lowest BCUT2D eigenvalue weighted by Crippen LogP contribution is -2.00. The summed E-state index contributed by atoms with van der Waals surface area (Å²) in [6, 6.07) is 47.0. The van der Waals surface area contributed by atoms with Crippen LogP contribution in [0.3, 0.4) is 0 Å². The lowest BCUT2D eigenvalue weighted by Gasteiger charge is -2.11. The lowest BCUT2D eigenvalue weighted by molar-refractivity contribution is 0.668. The first-order chi connectivity index (χ1) is 23.8. The zero-order valence-corrected chi connectivity index (χ0v) is 25.5. The van der Waals surface area contributed by atoms with Crippen molar-refractivity contribution >= 4 is 54.8 Å². The minimum absolute atomic E-state index is 0.588. The van der Waals surface area contributed by atoms with Gasteiger partial charge in [-0.1, -0.05) is 97.1 Å². The minimum Gasteiger partial charge on any atom is -0.456 e. The van der Waals surface area contributed by atoms with Crippen molar-refractivity contribution in [1.29, 1.82) is 0 Å². The number of furan rings is 2. The van der Waals surface area contributed by atoms with E-state index < -0.39 is 0 Å². The monoisotopic (exact) mass is 616 g/mol. The number of fused-ring (bicyclic) bond motifs is 7. The van der Waals surface area contributed by atoms with Crippen molar-refractivity contribution < 1.29 is 8.83 Å². The van der Waals surface area contributed by atoms with E-state index in [9.17, 15) is 0 Å². The van der Waals surface area contributed by atoms with Crippen LogP contribution in [0.1, 0.15) is 0 Å². The molecule has 0 radical (unpaired) electrons. The van der Waals surface area contributed by atoms with E-state index in [-0.39, 0.29) is 0 Å². The van der Waals surface area contributed by atoms with E-state index in [1.54, 1.807) is 6.20 Å². The lowest BCUT2D eigenvalue weighted by atomic mass is 9.97. The van der Waals surface area contributed by atoms with Crippen molar-refractivity contribution in [2.45, 2.75) is 0 Å². The van der Waals surface area contributed by atoms with Crippen LogP contribution >= 0.6 is 0 Å². The van der Waals surface area contributed by atoms with Crippen LogP contribution in [0.5, 0.6) is 0 Å². The average molecular weight is 617 g/mol. The highest BCUT2D eigenvalue weighted by atomic mass is 16.3. The minimum atomic E-state index is 0.588. The van der Waals surface area contributed by atoms with Gasteiger partial charge >= 0.3 is 0 Å². The molecule has 0 saturated heterocycles. The summed E-state index contributed by atoms with van der Waals surface area (Å²) in [5.41, 5.74) is 8.99. The molecule has 0 unspecified atom stereocenters. The Bertz CT molecular complexity index is 2850. The largest absolute Gasteiger partial charge is 0.456 e. The number of benzene rings is 6. The van der Waals surface area contributed by atoms with E-state index in [4.69, 9.17) is 23.8 Å². The zero-order valence-electron chi connectivity index (χ0n) is 25.5. The third-order valence-corrected chi connectivity index (χ3v) is 8.96. The summed E-state index contributed by atoms with van der Waals surface area (Å²) in [6.07, 6.45) is 1.81. The molecule has 6 nitrogen and oxygen atoms in total. The molecule has 4 heterocycles. The van der Waals surface area contributed by atoms with Crippen molar-refractivity contribution in [3.05, 3.63) is 146 Å². The summed E-state index contributed by atoms with van der Waals surface area (Å²) in [5.74, 6) is 1.78. The Hall–Kier alpha value is -6.66. The first-order valence-corrected chi connectivity index (χ1v) is 15.8. The fraction of sp³-hybridized carbons (Fsp3) is 0. The van der Waals surface area contributed by atoms with Gasteiger partial charge in [-0.2, -0.15) is 0 Å². The molecule has 10 aromatic rings. The van der Waals surface area contributed by atoms with Crippen LogP contribution in [0.15, 0.2) is 155 Å². The Morgan fingerprint density at radius 3 is 1.92 bits per heavy atom. The molecule has 0 saturated carbocycles. The Labute approximate surface area is 274 Å². The summed E-state index contributed by atoms with van der Waals surface area (Å²) >= 11 is 0. The quantitative estimate of drug-likeness (QED) is 0.196. The van der Waals surface area contributed by atoms with Gasteiger partial charge in [-0.3, -0.25) is 4.98 Å². The van der Waals surface area contributed by atoms with Crippen LogP contribution in [0.4, 0.5) is 0 Å². The van der Waals surface area contributed by atoms with Gasteiger partial charge in [0.25, 0.3) is 0 Å². The topological polar surface area (TPSA) is 77.8 Å². The number of para-hydroxylation sites is 1. The van der Waals surface area contributed by atoms with Gasteiger partial charge < -0.3 is 8.83 Å². The second-order valence-corrected chi connectivity index (χ2v) is 11.9. The van der Waals surface area contributed by atoms with E-state index >= 15 is 0 Å². The molecule has 0 spiro atoms. The summed E-state index contributed by atoms with van der Waals surface area (Å²) in [5, 5.41) is 5.20. The van der Waals surface area contributed by atoms with Gasteiger partial charge in [0.05, 0.1) is 5.52 Å². The number of hydrogen-bond donors (Lipinski definition) is 0. The van der Waals surface area contributed by atoms with Crippen LogP contribution < -0.4 is 0 Å². The van der Waals surface area contributed by atoms with E-state index in [1.807, 2.05) is 84.9 Å². The molecule has 0 aliphatic carbocycles. The number of rotatable bonds is 4. The van der Waals surface area contributed by atoms with Gasteiger partial charge in [-0.25, -0.2) is 15.0 Å². The fourth-order valence-electron chi connectivity index (χ4n) is 6.76. The first kappa shape index (κ1) is 26.5. The van der Waals surface area contributed by atoms with Gasteiger partial charge in [0.2, 0.25) is 0 Å². The number of hydrogen-bond acceptors (Lipinski definition) is 6. The highest BCUT2D eigenvalue weighted by Crippen LogP contribution is 2.40. The van der Waals surface area contributed by atoms with Gasteiger partial charge in [0.1, 0.15) is 22.3 Å². The smallest absolute Gasteiger partial charge is 0.164 e. The van der Waals surface area contributed by atoms with Crippen molar-refractivity contribution in [1.82, 2.24) is 19.9 Å². The maximum absolute atomic E-state index is 6.35. The Morgan fingerprint density at radius 2 is 1.04 bits per heavy atom. The highest BCUT2D eigenvalue weighted by Gasteiger charge is 2.19. The molecule has 4 aromatic heterocycles. The number of nitrogens with zero attached hydrogens (tertiary/aromatic N) is 4. The molecular weight excluding hydrogens is 592 g/mol. The Balaban J connectivity index is 1.18. The Kier molecular flexibility index (Phi) is 5.77. The first-order valence-electron chi connectivity index (χ1n) is 15.8. The van der Waals surface area contributed by atoms with Crippen molar-refractivity contribution in [3.8, 4) is 45.3 Å². The molecule has 0 bridgehead atoms. The average Bonchev–Trinajstić information content (AvgIpc) is 3.72. The maximum Gasteiger partial charge on any atom is 0.164 e. The Morgan fingerprint density at radius 1 is 0.396 bits per heavy atom. The molecule has 224 valence electrons. The molecule has 0 aliphatic rings. The molecule has 0 amide bonds. The predicted octanol–water partition coefficient (Wildman–Crippen LogP) is 10.9. The number of aromatic nitrogens is 4. The molecule has 0 atom stereocenters.